The molecule has 1 aromatic carbocycles. The van der Waals surface area contributed by atoms with Crippen LogP contribution in [-0.4, -0.2) is 44.2 Å². The van der Waals surface area contributed by atoms with Crippen molar-refractivity contribution in [3.05, 3.63) is 28.2 Å². The summed E-state index contributed by atoms with van der Waals surface area (Å²) in [6.45, 7) is 1.16. The molecule has 1 saturated heterocycles. The minimum atomic E-state index is -0.942. The van der Waals surface area contributed by atoms with Gasteiger partial charge in [0.15, 0.2) is 0 Å². The highest BCUT2D eigenvalue weighted by atomic mass is 79.9. The highest BCUT2D eigenvalue weighted by molar-refractivity contribution is 9.10. The summed E-state index contributed by atoms with van der Waals surface area (Å²) in [6.07, 6.45) is 0. The van der Waals surface area contributed by atoms with Crippen molar-refractivity contribution in [1.29, 1.82) is 0 Å². The second-order valence-corrected chi connectivity index (χ2v) is 5.09. The predicted molar refractivity (Wildman–Crippen MR) is 70.1 cm³/mol. The Morgan fingerprint density at radius 1 is 1.33 bits per heavy atom. The van der Waals surface area contributed by atoms with Crippen LogP contribution in [0, 0.1) is 0 Å². The van der Waals surface area contributed by atoms with Gasteiger partial charge >= 0.3 is 5.97 Å². The number of aromatic carboxylic acids is 1. The van der Waals surface area contributed by atoms with Crippen LogP contribution in [0.1, 0.15) is 10.4 Å². The quantitative estimate of drug-likeness (QED) is 0.861. The van der Waals surface area contributed by atoms with Crippen LogP contribution in [0.4, 0.5) is 5.69 Å². The SMILES string of the molecule is COC1(OC)CN(c2cc(Br)cc(C(=O)O)c2)C1. The molecule has 0 unspecified atom stereocenters. The Morgan fingerprint density at radius 3 is 2.44 bits per heavy atom. The number of hydrogen-bond donors (Lipinski definition) is 1. The first-order chi connectivity index (χ1) is 8.49. The van der Waals surface area contributed by atoms with Crippen LogP contribution in [0.2, 0.25) is 0 Å². The van der Waals surface area contributed by atoms with E-state index in [1.807, 2.05) is 11.0 Å². The van der Waals surface area contributed by atoms with Crippen molar-refractivity contribution in [1.82, 2.24) is 0 Å². The summed E-state index contributed by atoms with van der Waals surface area (Å²) in [7, 11) is 3.20. The third-order valence-electron chi connectivity index (χ3n) is 3.10. The van der Waals surface area contributed by atoms with E-state index in [0.29, 0.717) is 13.1 Å². The fourth-order valence-corrected chi connectivity index (χ4v) is 2.42. The van der Waals surface area contributed by atoms with Crippen LogP contribution >= 0.6 is 15.9 Å². The highest BCUT2D eigenvalue weighted by Crippen LogP contribution is 2.32. The van der Waals surface area contributed by atoms with Gasteiger partial charge in [-0.15, -0.1) is 0 Å². The second-order valence-electron chi connectivity index (χ2n) is 4.18. The van der Waals surface area contributed by atoms with Crippen LogP contribution in [0.25, 0.3) is 0 Å². The zero-order valence-electron chi connectivity index (χ0n) is 10.1. The second kappa shape index (κ2) is 4.87. The summed E-state index contributed by atoms with van der Waals surface area (Å²) in [6, 6.07) is 5.09. The van der Waals surface area contributed by atoms with E-state index >= 15 is 0 Å². The maximum Gasteiger partial charge on any atom is 0.335 e. The van der Waals surface area contributed by atoms with Crippen molar-refractivity contribution in [2.24, 2.45) is 0 Å². The average molecular weight is 316 g/mol. The lowest BCUT2D eigenvalue weighted by Gasteiger charge is -2.48. The normalized spacial score (nSPS) is 17.4. The standard InChI is InChI=1S/C12H14BrNO4/c1-17-12(18-2)6-14(7-12)10-4-8(11(15)16)3-9(13)5-10/h3-5H,6-7H2,1-2H3,(H,15,16). The maximum absolute atomic E-state index is 11.0. The van der Waals surface area contributed by atoms with E-state index in [-0.39, 0.29) is 5.56 Å². The van der Waals surface area contributed by atoms with Gasteiger partial charge in [-0.2, -0.15) is 0 Å². The highest BCUT2D eigenvalue weighted by Gasteiger charge is 2.44. The first-order valence-electron chi connectivity index (χ1n) is 5.39. The monoisotopic (exact) mass is 315 g/mol. The number of anilines is 1. The largest absolute Gasteiger partial charge is 0.478 e. The number of halogens is 1. The van der Waals surface area contributed by atoms with Gasteiger partial charge < -0.3 is 19.5 Å². The van der Waals surface area contributed by atoms with Crippen molar-refractivity contribution in [3.63, 3.8) is 0 Å². The molecule has 98 valence electrons. The van der Waals surface area contributed by atoms with E-state index in [1.54, 1.807) is 26.4 Å². The third-order valence-corrected chi connectivity index (χ3v) is 3.56. The zero-order valence-corrected chi connectivity index (χ0v) is 11.7. The van der Waals surface area contributed by atoms with Gasteiger partial charge in [0, 0.05) is 24.4 Å². The van der Waals surface area contributed by atoms with E-state index in [9.17, 15) is 4.79 Å². The summed E-state index contributed by atoms with van der Waals surface area (Å²) in [5.74, 6) is -1.52. The molecule has 1 aliphatic rings. The lowest BCUT2D eigenvalue weighted by Crippen LogP contribution is -2.64. The van der Waals surface area contributed by atoms with Gasteiger partial charge in [-0.05, 0) is 18.2 Å². The predicted octanol–water partition coefficient (Wildman–Crippen LogP) is 1.96. The number of benzene rings is 1. The van der Waals surface area contributed by atoms with Gasteiger partial charge in [-0.3, -0.25) is 0 Å². The molecular weight excluding hydrogens is 302 g/mol. The van der Waals surface area contributed by atoms with Gasteiger partial charge in [0.25, 0.3) is 0 Å². The summed E-state index contributed by atoms with van der Waals surface area (Å²) in [4.78, 5) is 13.0. The average Bonchev–Trinajstić information content (AvgIpc) is 2.28. The van der Waals surface area contributed by atoms with Crippen LogP contribution < -0.4 is 4.90 Å². The van der Waals surface area contributed by atoms with Gasteiger partial charge in [0.2, 0.25) is 5.79 Å². The van der Waals surface area contributed by atoms with Crippen molar-refractivity contribution >= 4 is 27.6 Å². The summed E-state index contributed by atoms with van der Waals surface area (Å²) >= 11 is 3.31. The Balaban J connectivity index is 2.19. The summed E-state index contributed by atoms with van der Waals surface area (Å²) in [5, 5.41) is 9.01. The van der Waals surface area contributed by atoms with Crippen LogP contribution in [-0.2, 0) is 9.47 Å². The Bertz CT molecular complexity index is 465. The van der Waals surface area contributed by atoms with Crippen LogP contribution in [0.3, 0.4) is 0 Å². The Kier molecular flexibility index (Phi) is 3.61. The number of ether oxygens (including phenoxy) is 2. The third kappa shape index (κ3) is 2.36. The van der Waals surface area contributed by atoms with E-state index in [1.165, 1.54) is 0 Å². The smallest absolute Gasteiger partial charge is 0.335 e. The molecule has 5 nitrogen and oxygen atoms in total. The van der Waals surface area contributed by atoms with Gasteiger partial charge in [0.1, 0.15) is 0 Å². The molecule has 18 heavy (non-hydrogen) atoms. The molecule has 0 aliphatic carbocycles. The lowest BCUT2D eigenvalue weighted by molar-refractivity contribution is -0.219. The van der Waals surface area contributed by atoms with Crippen molar-refractivity contribution in [2.75, 3.05) is 32.2 Å². The first kappa shape index (κ1) is 13.3. The van der Waals surface area contributed by atoms with Crippen molar-refractivity contribution in [3.8, 4) is 0 Å². The fourth-order valence-electron chi connectivity index (χ4n) is 1.94. The molecule has 6 heteroatoms. The number of nitrogens with zero attached hydrogens (tertiary/aromatic N) is 1. The number of methoxy groups -OCH3 is 2. The number of carbonyl (C=O) groups is 1. The minimum absolute atomic E-state index is 0.256. The van der Waals surface area contributed by atoms with Crippen LogP contribution in [0.15, 0.2) is 22.7 Å². The molecule has 0 amide bonds. The zero-order chi connectivity index (χ0) is 13.3. The summed E-state index contributed by atoms with van der Waals surface area (Å²) < 4.78 is 11.3. The van der Waals surface area contributed by atoms with Crippen molar-refractivity contribution < 1.29 is 19.4 Å². The van der Waals surface area contributed by atoms with Crippen molar-refractivity contribution in [2.45, 2.75) is 5.79 Å². The molecule has 1 aliphatic heterocycles. The molecule has 0 bridgehead atoms. The minimum Gasteiger partial charge on any atom is -0.478 e. The fraction of sp³-hybridized carbons (Fsp3) is 0.417. The van der Waals surface area contributed by atoms with Gasteiger partial charge in [-0.25, -0.2) is 4.79 Å². The van der Waals surface area contributed by atoms with E-state index in [2.05, 4.69) is 15.9 Å². The maximum atomic E-state index is 11.0. The lowest BCUT2D eigenvalue weighted by atomic mass is 10.1. The Hall–Kier alpha value is -1.11. The Labute approximate surface area is 113 Å². The summed E-state index contributed by atoms with van der Waals surface area (Å²) in [5.41, 5.74) is 1.10. The van der Waals surface area contributed by atoms with Gasteiger partial charge in [0.05, 0.1) is 18.7 Å². The number of carboxylic acid groups (broad SMARTS) is 1. The molecule has 1 heterocycles. The number of carboxylic acids is 1. The van der Waals surface area contributed by atoms with Crippen LogP contribution in [0.5, 0.6) is 0 Å². The molecule has 2 rings (SSSR count). The molecule has 0 radical (unpaired) electrons. The molecule has 1 N–H and O–H groups in total. The number of rotatable bonds is 4. The molecule has 0 spiro atoms. The van der Waals surface area contributed by atoms with E-state index in [4.69, 9.17) is 14.6 Å². The molecule has 1 fully saturated rings. The Morgan fingerprint density at radius 2 is 1.94 bits per heavy atom. The molecule has 0 saturated carbocycles. The molecular formula is C12H14BrNO4. The first-order valence-corrected chi connectivity index (χ1v) is 6.18. The number of hydrogen-bond acceptors (Lipinski definition) is 4. The molecule has 1 aromatic rings. The topological polar surface area (TPSA) is 59.0 Å². The van der Waals surface area contributed by atoms with E-state index < -0.39 is 11.8 Å². The van der Waals surface area contributed by atoms with Gasteiger partial charge in [-0.1, -0.05) is 15.9 Å². The molecule has 0 aromatic heterocycles. The molecule has 0 atom stereocenters. The van der Waals surface area contributed by atoms with E-state index in [0.717, 1.165) is 10.2 Å².